The summed E-state index contributed by atoms with van der Waals surface area (Å²) in [5, 5.41) is 0.760. The quantitative estimate of drug-likeness (QED) is 0.484. The predicted molar refractivity (Wildman–Crippen MR) is 97.5 cm³/mol. The Labute approximate surface area is 132 Å². The van der Waals surface area contributed by atoms with E-state index in [0.29, 0.717) is 10.1 Å². The Morgan fingerprint density at radius 3 is 1.62 bits per heavy atom. The van der Waals surface area contributed by atoms with E-state index in [1.54, 1.807) is 0 Å². The molecule has 0 radical (unpaired) electrons. The summed E-state index contributed by atoms with van der Waals surface area (Å²) in [7, 11) is -1.60. The third-order valence-electron chi connectivity index (χ3n) is 5.25. The fourth-order valence-corrected chi connectivity index (χ4v) is 13.3. The lowest BCUT2D eigenvalue weighted by molar-refractivity contribution is 0.604. The first kappa shape index (κ1) is 16.6. The number of rotatable bonds is 2. The molecule has 1 heterocycles. The molecule has 1 aliphatic heterocycles. The second-order valence-corrected chi connectivity index (χ2v) is 14.8. The van der Waals surface area contributed by atoms with Gasteiger partial charge in [-0.05, 0) is 35.1 Å². The Morgan fingerprint density at radius 2 is 1.33 bits per heavy atom. The molecule has 1 aliphatic rings. The number of hydrogen-bond donors (Lipinski definition) is 0. The summed E-state index contributed by atoms with van der Waals surface area (Å²) in [5.41, 5.74) is 3.54. The average Bonchev–Trinajstić information content (AvgIpc) is 3.00. The standard InChI is InChI=1S/C19H33NSi/c1-14(2)17-20(16-12-10-15(3)11-13-16)21(17,18(4,5)6)19(7,8)9/h10-14,17H,1-9H3. The lowest BCUT2D eigenvalue weighted by Gasteiger charge is -2.40. The largest absolute Gasteiger partial charge is 0.392 e. The Hall–Kier alpha value is -0.763. The fraction of sp³-hybridized carbons (Fsp3) is 0.684. The summed E-state index contributed by atoms with van der Waals surface area (Å²) in [6.45, 7) is 21.8. The monoisotopic (exact) mass is 303 g/mol. The van der Waals surface area contributed by atoms with Gasteiger partial charge in [0, 0.05) is 11.4 Å². The third kappa shape index (κ3) is 2.36. The highest BCUT2D eigenvalue weighted by Gasteiger charge is 2.76. The van der Waals surface area contributed by atoms with Gasteiger partial charge in [0.2, 0.25) is 0 Å². The van der Waals surface area contributed by atoms with Crippen LogP contribution in [-0.2, 0) is 0 Å². The fourth-order valence-electron chi connectivity index (χ4n) is 4.90. The molecule has 0 bridgehead atoms. The molecule has 1 nitrogen and oxygen atoms in total. The van der Waals surface area contributed by atoms with E-state index >= 15 is 0 Å². The normalized spacial score (nSPS) is 21.8. The van der Waals surface area contributed by atoms with Crippen LogP contribution in [0.4, 0.5) is 5.69 Å². The molecule has 118 valence electrons. The van der Waals surface area contributed by atoms with E-state index in [1.807, 2.05) is 0 Å². The van der Waals surface area contributed by atoms with E-state index in [4.69, 9.17) is 0 Å². The molecular weight excluding hydrogens is 270 g/mol. The molecule has 1 aromatic rings. The Balaban J connectivity index is 2.56. The minimum absolute atomic E-state index is 0.380. The van der Waals surface area contributed by atoms with Gasteiger partial charge in [-0.3, -0.25) is 0 Å². The van der Waals surface area contributed by atoms with Gasteiger partial charge in [-0.25, -0.2) is 0 Å². The first-order valence-electron chi connectivity index (χ1n) is 8.30. The van der Waals surface area contributed by atoms with Gasteiger partial charge < -0.3 is 4.57 Å². The van der Waals surface area contributed by atoms with Crippen molar-refractivity contribution in [2.45, 2.75) is 78.1 Å². The summed E-state index contributed by atoms with van der Waals surface area (Å²) in [5.74, 6) is 0.719. The van der Waals surface area contributed by atoms with E-state index in [0.717, 1.165) is 11.6 Å². The van der Waals surface area contributed by atoms with Crippen molar-refractivity contribution in [3.8, 4) is 0 Å². The van der Waals surface area contributed by atoms with Gasteiger partial charge in [-0.15, -0.1) is 0 Å². The van der Waals surface area contributed by atoms with Crippen molar-refractivity contribution in [3.63, 3.8) is 0 Å². The van der Waals surface area contributed by atoms with Crippen LogP contribution in [0.5, 0.6) is 0 Å². The maximum absolute atomic E-state index is 2.83. The van der Waals surface area contributed by atoms with Gasteiger partial charge >= 0.3 is 0 Å². The average molecular weight is 304 g/mol. The zero-order valence-corrected chi connectivity index (χ0v) is 16.4. The maximum Gasteiger partial charge on any atom is 0.189 e. The molecule has 0 aromatic heterocycles. The molecule has 1 saturated heterocycles. The summed E-state index contributed by atoms with van der Waals surface area (Å²) in [6.07, 6.45) is 0. The van der Waals surface area contributed by atoms with Gasteiger partial charge in [0.15, 0.2) is 8.24 Å². The smallest absolute Gasteiger partial charge is 0.189 e. The van der Waals surface area contributed by atoms with Crippen LogP contribution in [0.2, 0.25) is 10.1 Å². The highest BCUT2D eigenvalue weighted by molar-refractivity contribution is 7.00. The van der Waals surface area contributed by atoms with Crippen molar-refractivity contribution in [2.24, 2.45) is 5.92 Å². The molecule has 0 amide bonds. The number of anilines is 1. The number of benzene rings is 1. The first-order chi connectivity index (χ1) is 9.44. The van der Waals surface area contributed by atoms with Crippen LogP contribution in [0.3, 0.4) is 0 Å². The highest BCUT2D eigenvalue weighted by Crippen LogP contribution is 2.67. The Kier molecular flexibility index (Phi) is 3.85. The number of hydrogen-bond acceptors (Lipinski definition) is 1. The summed E-state index contributed by atoms with van der Waals surface area (Å²) < 4.78 is 2.83. The van der Waals surface area contributed by atoms with Crippen molar-refractivity contribution in [2.75, 3.05) is 4.57 Å². The highest BCUT2D eigenvalue weighted by atomic mass is 28.4. The van der Waals surface area contributed by atoms with E-state index in [1.165, 1.54) is 11.3 Å². The Morgan fingerprint density at radius 1 is 0.905 bits per heavy atom. The Bertz CT molecular complexity index is 488. The second kappa shape index (κ2) is 4.87. The lowest BCUT2D eigenvalue weighted by Crippen LogP contribution is -2.46. The molecule has 1 aromatic carbocycles. The van der Waals surface area contributed by atoms with E-state index in [-0.39, 0.29) is 0 Å². The molecule has 2 heteroatoms. The molecule has 1 atom stereocenters. The lowest BCUT2D eigenvalue weighted by atomic mass is 10.2. The summed E-state index contributed by atoms with van der Waals surface area (Å²) in [6, 6.07) is 9.18. The third-order valence-corrected chi connectivity index (χ3v) is 12.6. The second-order valence-electron chi connectivity index (χ2n) is 9.16. The van der Waals surface area contributed by atoms with Gasteiger partial charge in [-0.1, -0.05) is 73.1 Å². The molecule has 1 fully saturated rings. The molecule has 0 spiro atoms. The van der Waals surface area contributed by atoms with Crippen molar-refractivity contribution in [1.29, 1.82) is 0 Å². The van der Waals surface area contributed by atoms with Gasteiger partial charge in [0.05, 0.1) is 0 Å². The van der Waals surface area contributed by atoms with Gasteiger partial charge in [-0.2, -0.15) is 0 Å². The van der Waals surface area contributed by atoms with E-state index in [9.17, 15) is 0 Å². The predicted octanol–water partition coefficient (Wildman–Crippen LogP) is 5.92. The zero-order valence-electron chi connectivity index (χ0n) is 15.4. The minimum Gasteiger partial charge on any atom is -0.392 e. The molecule has 0 N–H and O–H groups in total. The SMILES string of the molecule is Cc1ccc(N2C(C(C)C)[Si]2(C(C)(C)C)C(C)(C)C)cc1. The first-order valence-corrected chi connectivity index (χ1v) is 10.3. The van der Waals surface area contributed by atoms with Crippen molar-refractivity contribution < 1.29 is 0 Å². The van der Waals surface area contributed by atoms with Crippen LogP contribution < -0.4 is 4.57 Å². The van der Waals surface area contributed by atoms with Crippen LogP contribution >= 0.6 is 0 Å². The van der Waals surface area contributed by atoms with Gasteiger partial charge in [0.25, 0.3) is 0 Å². The van der Waals surface area contributed by atoms with Crippen molar-refractivity contribution in [3.05, 3.63) is 29.8 Å². The van der Waals surface area contributed by atoms with Crippen LogP contribution in [0, 0.1) is 12.8 Å². The number of aryl methyl sites for hydroxylation is 1. The van der Waals surface area contributed by atoms with Crippen LogP contribution in [0.15, 0.2) is 24.3 Å². The molecular formula is C19H33NSi. The summed E-state index contributed by atoms with van der Waals surface area (Å²) in [4.78, 5) is 0. The number of nitrogens with zero attached hydrogens (tertiary/aromatic N) is 1. The molecule has 2 rings (SSSR count). The van der Waals surface area contributed by atoms with Crippen LogP contribution in [-0.4, -0.2) is 13.9 Å². The van der Waals surface area contributed by atoms with Crippen molar-refractivity contribution in [1.82, 2.24) is 0 Å². The van der Waals surface area contributed by atoms with E-state index < -0.39 is 8.24 Å². The van der Waals surface area contributed by atoms with Crippen LogP contribution in [0.1, 0.15) is 61.0 Å². The minimum atomic E-state index is -1.60. The summed E-state index contributed by atoms with van der Waals surface area (Å²) >= 11 is 0. The molecule has 0 aliphatic carbocycles. The molecule has 1 unspecified atom stereocenters. The van der Waals surface area contributed by atoms with Crippen LogP contribution in [0.25, 0.3) is 0 Å². The molecule has 21 heavy (non-hydrogen) atoms. The van der Waals surface area contributed by atoms with Crippen molar-refractivity contribution >= 4 is 13.9 Å². The topological polar surface area (TPSA) is 3.01 Å². The van der Waals surface area contributed by atoms with E-state index in [2.05, 4.69) is 91.1 Å². The zero-order chi connectivity index (χ0) is 16.2. The van der Waals surface area contributed by atoms with Gasteiger partial charge in [0.1, 0.15) is 0 Å². The maximum atomic E-state index is 2.83. The molecule has 0 saturated carbocycles.